The largest absolute Gasteiger partial charge is 0.481 e. The van der Waals surface area contributed by atoms with Crippen LogP contribution in [0.3, 0.4) is 0 Å². The third kappa shape index (κ3) is 2.79. The van der Waals surface area contributed by atoms with Gasteiger partial charge in [0.2, 0.25) is 0 Å². The summed E-state index contributed by atoms with van der Waals surface area (Å²) in [5, 5.41) is 16.9. The topological polar surface area (TPSA) is 66.3 Å². The molecule has 1 aromatic heterocycles. The van der Waals surface area contributed by atoms with Gasteiger partial charge in [0, 0.05) is 19.2 Å². The second kappa shape index (κ2) is 5.06. The number of piperidine rings is 1. The molecular weight excluding hydrogens is 265 g/mol. The summed E-state index contributed by atoms with van der Waals surface area (Å²) in [6.45, 7) is 1.18. The van der Waals surface area contributed by atoms with Crippen molar-refractivity contribution in [2.45, 2.75) is 12.8 Å². The van der Waals surface area contributed by atoms with Gasteiger partial charge in [0.1, 0.15) is 0 Å². The zero-order chi connectivity index (χ0) is 12.4. The molecule has 0 amide bonds. The van der Waals surface area contributed by atoms with E-state index in [4.69, 9.17) is 28.3 Å². The van der Waals surface area contributed by atoms with Crippen LogP contribution in [0.2, 0.25) is 10.3 Å². The van der Waals surface area contributed by atoms with Gasteiger partial charge in [-0.1, -0.05) is 23.2 Å². The van der Waals surface area contributed by atoms with E-state index in [0.717, 1.165) is 13.0 Å². The van der Waals surface area contributed by atoms with Crippen molar-refractivity contribution < 1.29 is 9.90 Å². The zero-order valence-corrected chi connectivity index (χ0v) is 10.4. The van der Waals surface area contributed by atoms with Gasteiger partial charge < -0.3 is 10.0 Å². The minimum Gasteiger partial charge on any atom is -0.481 e. The second-order valence-corrected chi connectivity index (χ2v) is 4.71. The third-order valence-electron chi connectivity index (χ3n) is 2.81. The van der Waals surface area contributed by atoms with E-state index in [1.54, 1.807) is 6.07 Å². The summed E-state index contributed by atoms with van der Waals surface area (Å²) in [5.74, 6) is -1.15. The van der Waals surface area contributed by atoms with E-state index < -0.39 is 5.97 Å². The molecule has 92 valence electrons. The van der Waals surface area contributed by atoms with Crippen molar-refractivity contribution in [3.05, 3.63) is 16.4 Å². The smallest absolute Gasteiger partial charge is 0.308 e. The average molecular weight is 276 g/mol. The van der Waals surface area contributed by atoms with E-state index >= 15 is 0 Å². The fourth-order valence-electron chi connectivity index (χ4n) is 1.96. The SMILES string of the molecule is O=C(O)C1CCCN(c2cc(Cl)nnc2Cl)C1. The highest BCUT2D eigenvalue weighted by Crippen LogP contribution is 2.29. The van der Waals surface area contributed by atoms with Crippen molar-refractivity contribution in [3.8, 4) is 0 Å². The Labute approximate surface area is 108 Å². The maximum Gasteiger partial charge on any atom is 0.308 e. The minimum atomic E-state index is -0.779. The van der Waals surface area contributed by atoms with Crippen molar-refractivity contribution in [1.29, 1.82) is 0 Å². The lowest BCUT2D eigenvalue weighted by Crippen LogP contribution is -2.39. The lowest BCUT2D eigenvalue weighted by Gasteiger charge is -2.32. The van der Waals surface area contributed by atoms with Crippen molar-refractivity contribution >= 4 is 34.9 Å². The monoisotopic (exact) mass is 275 g/mol. The Morgan fingerprint density at radius 3 is 2.94 bits per heavy atom. The number of aromatic nitrogens is 2. The maximum absolute atomic E-state index is 11.0. The fourth-order valence-corrected chi connectivity index (χ4v) is 2.32. The van der Waals surface area contributed by atoms with E-state index in [0.29, 0.717) is 18.7 Å². The fraction of sp³-hybridized carbons (Fsp3) is 0.500. The molecule has 1 fully saturated rings. The Bertz CT molecular complexity index is 442. The lowest BCUT2D eigenvalue weighted by atomic mass is 9.98. The number of hydrogen-bond donors (Lipinski definition) is 1. The van der Waals surface area contributed by atoms with Gasteiger partial charge in [0.15, 0.2) is 10.3 Å². The summed E-state index contributed by atoms with van der Waals surface area (Å²) in [5.41, 5.74) is 0.651. The number of aliphatic carboxylic acids is 1. The number of carboxylic acids is 1. The molecule has 7 heteroatoms. The van der Waals surface area contributed by atoms with Gasteiger partial charge in [-0.15, -0.1) is 10.2 Å². The highest BCUT2D eigenvalue weighted by Gasteiger charge is 2.27. The quantitative estimate of drug-likeness (QED) is 0.895. The van der Waals surface area contributed by atoms with Gasteiger partial charge in [0.25, 0.3) is 0 Å². The van der Waals surface area contributed by atoms with Crippen LogP contribution in [0.25, 0.3) is 0 Å². The second-order valence-electron chi connectivity index (χ2n) is 3.97. The summed E-state index contributed by atoms with van der Waals surface area (Å²) < 4.78 is 0. The van der Waals surface area contributed by atoms with Crippen molar-refractivity contribution in [1.82, 2.24) is 10.2 Å². The first kappa shape index (κ1) is 12.4. The maximum atomic E-state index is 11.0. The van der Waals surface area contributed by atoms with Gasteiger partial charge in [-0.05, 0) is 12.8 Å². The molecule has 0 bridgehead atoms. The van der Waals surface area contributed by atoms with Crippen LogP contribution in [0, 0.1) is 5.92 Å². The summed E-state index contributed by atoms with van der Waals surface area (Å²) in [6, 6.07) is 1.61. The molecule has 2 heterocycles. The van der Waals surface area contributed by atoms with E-state index in [9.17, 15) is 4.79 Å². The molecule has 0 saturated carbocycles. The number of halogens is 2. The van der Waals surface area contributed by atoms with Crippen molar-refractivity contribution in [3.63, 3.8) is 0 Å². The predicted octanol–water partition coefficient (Wildman–Crippen LogP) is 2.08. The first-order valence-electron chi connectivity index (χ1n) is 5.24. The highest BCUT2D eigenvalue weighted by atomic mass is 35.5. The van der Waals surface area contributed by atoms with Crippen LogP contribution in [0.1, 0.15) is 12.8 Å². The van der Waals surface area contributed by atoms with Crippen LogP contribution in [-0.2, 0) is 4.79 Å². The molecule has 0 spiro atoms. The van der Waals surface area contributed by atoms with E-state index in [1.807, 2.05) is 4.90 Å². The van der Waals surface area contributed by atoms with E-state index in [2.05, 4.69) is 10.2 Å². The molecule has 0 aliphatic carbocycles. The van der Waals surface area contributed by atoms with Crippen LogP contribution in [0.5, 0.6) is 0 Å². The molecule has 1 N–H and O–H groups in total. The highest BCUT2D eigenvalue weighted by molar-refractivity contribution is 6.33. The molecule has 0 radical (unpaired) electrons. The Morgan fingerprint density at radius 1 is 1.47 bits per heavy atom. The van der Waals surface area contributed by atoms with E-state index in [1.165, 1.54) is 0 Å². The number of nitrogens with zero attached hydrogens (tertiary/aromatic N) is 3. The standard InChI is InChI=1S/C10H11Cl2N3O2/c11-8-4-7(9(12)14-13-8)15-3-1-2-6(5-15)10(16)17/h4,6H,1-3,5H2,(H,16,17). The van der Waals surface area contributed by atoms with Crippen LogP contribution >= 0.6 is 23.2 Å². The first-order valence-corrected chi connectivity index (χ1v) is 6.00. The first-order chi connectivity index (χ1) is 8.08. The summed E-state index contributed by atoms with van der Waals surface area (Å²) in [4.78, 5) is 12.9. The Balaban J connectivity index is 2.21. The molecule has 0 aromatic carbocycles. The van der Waals surface area contributed by atoms with Crippen molar-refractivity contribution in [2.24, 2.45) is 5.92 Å². The summed E-state index contributed by atoms with van der Waals surface area (Å²) in [6.07, 6.45) is 1.50. The normalized spacial score (nSPS) is 20.4. The molecule has 2 rings (SSSR count). The van der Waals surface area contributed by atoms with Gasteiger partial charge in [-0.3, -0.25) is 4.79 Å². The third-order valence-corrected chi connectivity index (χ3v) is 3.27. The van der Waals surface area contributed by atoms with Gasteiger partial charge in [-0.25, -0.2) is 0 Å². The Kier molecular flexibility index (Phi) is 3.69. The van der Waals surface area contributed by atoms with E-state index in [-0.39, 0.29) is 16.2 Å². The van der Waals surface area contributed by atoms with Crippen LogP contribution < -0.4 is 4.90 Å². The molecule has 1 aliphatic heterocycles. The molecule has 1 atom stereocenters. The van der Waals surface area contributed by atoms with Crippen molar-refractivity contribution in [2.75, 3.05) is 18.0 Å². The number of hydrogen-bond acceptors (Lipinski definition) is 4. The van der Waals surface area contributed by atoms with Crippen LogP contribution in [-0.4, -0.2) is 34.4 Å². The number of anilines is 1. The van der Waals surface area contributed by atoms with Gasteiger partial charge in [0.05, 0.1) is 11.6 Å². The predicted molar refractivity (Wildman–Crippen MR) is 64.6 cm³/mol. The summed E-state index contributed by atoms with van der Waals surface area (Å²) in [7, 11) is 0. The molecule has 17 heavy (non-hydrogen) atoms. The summed E-state index contributed by atoms with van der Waals surface area (Å²) >= 11 is 11.7. The number of rotatable bonds is 2. The van der Waals surface area contributed by atoms with Gasteiger partial charge in [-0.2, -0.15) is 0 Å². The Hall–Kier alpha value is -1.07. The molecular formula is C10H11Cl2N3O2. The van der Waals surface area contributed by atoms with Gasteiger partial charge >= 0.3 is 5.97 Å². The number of carbonyl (C=O) groups is 1. The van der Waals surface area contributed by atoms with Crippen LogP contribution in [0.4, 0.5) is 5.69 Å². The molecule has 1 saturated heterocycles. The zero-order valence-electron chi connectivity index (χ0n) is 8.94. The minimum absolute atomic E-state index is 0.250. The average Bonchev–Trinajstić information content (AvgIpc) is 2.32. The van der Waals surface area contributed by atoms with Crippen LogP contribution in [0.15, 0.2) is 6.07 Å². The molecule has 1 aliphatic rings. The molecule has 5 nitrogen and oxygen atoms in total. The number of carboxylic acid groups (broad SMARTS) is 1. The Morgan fingerprint density at radius 2 is 2.24 bits per heavy atom. The molecule has 1 aromatic rings. The molecule has 1 unspecified atom stereocenters. The lowest BCUT2D eigenvalue weighted by molar-refractivity contribution is -0.141.